The second-order valence-corrected chi connectivity index (χ2v) is 8.77. The second-order valence-electron chi connectivity index (χ2n) is 8.77. The molecule has 0 atom stereocenters. The molecule has 4 aromatic rings. The summed E-state index contributed by atoms with van der Waals surface area (Å²) in [7, 11) is 7.51. The van der Waals surface area contributed by atoms with E-state index in [1.807, 2.05) is 58.4 Å². The maximum atomic E-state index is 12.2. The van der Waals surface area contributed by atoms with Gasteiger partial charge in [0.1, 0.15) is 17.4 Å². The highest BCUT2D eigenvalue weighted by Gasteiger charge is 2.17. The van der Waals surface area contributed by atoms with Gasteiger partial charge in [0.2, 0.25) is 5.91 Å². The number of aromatic nitrogens is 3. The van der Waals surface area contributed by atoms with E-state index in [2.05, 4.69) is 55.3 Å². The summed E-state index contributed by atoms with van der Waals surface area (Å²) in [5.74, 6) is 1.57. The van der Waals surface area contributed by atoms with Gasteiger partial charge >= 0.3 is 0 Å². The number of carbonyl (C=O) groups is 1. The lowest BCUT2D eigenvalue weighted by molar-refractivity contribution is -0.111. The van der Waals surface area contributed by atoms with E-state index in [0.717, 1.165) is 40.9 Å². The Morgan fingerprint density at radius 3 is 2.70 bits per heavy atom. The largest absolute Gasteiger partial charge is 0.494 e. The molecule has 0 radical (unpaired) electrons. The average Bonchev–Trinajstić information content (AvgIpc) is 3.23. The Labute approximate surface area is 217 Å². The third-order valence-electron chi connectivity index (χ3n) is 6.14. The van der Waals surface area contributed by atoms with Crippen LogP contribution in [0.3, 0.4) is 0 Å². The number of rotatable bonds is 10. The standard InChI is InChI=1S/C28H33N7O2/c1-7-28(36)33-22-14-23(26(37-6)16-25(22)34(4)13-12-29-3)32-27-15-21(30-18(2)31-27)20-17-35(5)24-11-9-8-10-19(20)24/h7-11,14-17,29H,1,12-13H2,2-6H3,(H,33,36)(H,30,31,32). The average molecular weight is 500 g/mol. The molecule has 4 rings (SSSR count). The van der Waals surface area contributed by atoms with Crippen molar-refractivity contribution in [3.63, 3.8) is 0 Å². The predicted molar refractivity (Wildman–Crippen MR) is 151 cm³/mol. The first-order chi connectivity index (χ1) is 17.8. The SMILES string of the molecule is C=CC(=O)Nc1cc(Nc2cc(-c3cn(C)c4ccccc34)nc(C)n2)c(OC)cc1N(C)CCNC. The maximum Gasteiger partial charge on any atom is 0.247 e. The third kappa shape index (κ3) is 5.57. The van der Waals surface area contributed by atoms with Gasteiger partial charge in [0.25, 0.3) is 0 Å². The fourth-order valence-corrected chi connectivity index (χ4v) is 4.29. The zero-order valence-electron chi connectivity index (χ0n) is 21.9. The number of carbonyl (C=O) groups excluding carboxylic acids is 1. The fourth-order valence-electron chi connectivity index (χ4n) is 4.29. The van der Waals surface area contributed by atoms with E-state index in [1.54, 1.807) is 7.11 Å². The molecule has 37 heavy (non-hydrogen) atoms. The molecule has 0 aliphatic carbocycles. The number of benzene rings is 2. The first-order valence-electron chi connectivity index (χ1n) is 12.0. The molecule has 0 bridgehead atoms. The van der Waals surface area contributed by atoms with Gasteiger partial charge in [0, 0.05) is 62.0 Å². The second kappa shape index (κ2) is 11.1. The number of hydrogen-bond donors (Lipinski definition) is 3. The highest BCUT2D eigenvalue weighted by Crippen LogP contribution is 2.38. The first-order valence-corrected chi connectivity index (χ1v) is 12.0. The summed E-state index contributed by atoms with van der Waals surface area (Å²) in [5, 5.41) is 10.6. The van der Waals surface area contributed by atoms with Crippen molar-refractivity contribution in [1.82, 2.24) is 19.9 Å². The van der Waals surface area contributed by atoms with Crippen molar-refractivity contribution in [3.05, 3.63) is 67.1 Å². The Kier molecular flexibility index (Phi) is 7.74. The Hall–Kier alpha value is -4.37. The molecule has 0 aliphatic rings. The summed E-state index contributed by atoms with van der Waals surface area (Å²) in [4.78, 5) is 23.6. The number of nitrogens with one attached hydrogen (secondary N) is 3. The number of hydrogen-bond acceptors (Lipinski definition) is 7. The van der Waals surface area contributed by atoms with Gasteiger partial charge in [-0.25, -0.2) is 9.97 Å². The lowest BCUT2D eigenvalue weighted by Gasteiger charge is -2.24. The van der Waals surface area contributed by atoms with E-state index < -0.39 is 0 Å². The molecule has 3 N–H and O–H groups in total. The molecular formula is C28H33N7O2. The quantitative estimate of drug-likeness (QED) is 0.277. The Morgan fingerprint density at radius 2 is 1.97 bits per heavy atom. The molecule has 2 aromatic heterocycles. The number of aryl methyl sites for hydroxylation is 2. The Balaban J connectivity index is 1.76. The van der Waals surface area contributed by atoms with Crippen molar-refractivity contribution in [3.8, 4) is 17.0 Å². The van der Waals surface area contributed by atoms with Crippen LogP contribution in [0.2, 0.25) is 0 Å². The Bertz CT molecular complexity index is 1440. The van der Waals surface area contributed by atoms with Crippen LogP contribution < -0.4 is 25.6 Å². The Morgan fingerprint density at radius 1 is 1.19 bits per heavy atom. The summed E-state index contributed by atoms with van der Waals surface area (Å²) < 4.78 is 7.81. The number of ether oxygens (including phenoxy) is 1. The highest BCUT2D eigenvalue weighted by molar-refractivity contribution is 6.02. The van der Waals surface area contributed by atoms with Crippen LogP contribution in [0.15, 0.2) is 61.3 Å². The van der Waals surface area contributed by atoms with Gasteiger partial charge in [0.05, 0.1) is 29.9 Å². The number of anilines is 4. The molecule has 9 heteroatoms. The van der Waals surface area contributed by atoms with Crippen molar-refractivity contribution < 1.29 is 9.53 Å². The number of para-hydroxylation sites is 1. The molecule has 192 valence electrons. The van der Waals surface area contributed by atoms with Crippen molar-refractivity contribution in [2.75, 3.05) is 49.8 Å². The minimum atomic E-state index is -0.296. The molecule has 0 saturated carbocycles. The van der Waals surface area contributed by atoms with E-state index in [-0.39, 0.29) is 5.91 Å². The van der Waals surface area contributed by atoms with Gasteiger partial charge in [-0.05, 0) is 32.2 Å². The van der Waals surface area contributed by atoms with E-state index in [4.69, 9.17) is 9.72 Å². The summed E-state index contributed by atoms with van der Waals surface area (Å²) in [6, 6.07) is 13.9. The molecule has 2 heterocycles. The third-order valence-corrected chi connectivity index (χ3v) is 6.14. The monoisotopic (exact) mass is 499 g/mol. The molecule has 9 nitrogen and oxygen atoms in total. The lowest BCUT2D eigenvalue weighted by Crippen LogP contribution is -2.28. The lowest BCUT2D eigenvalue weighted by atomic mass is 10.1. The van der Waals surface area contributed by atoms with Crippen LogP contribution in [0.4, 0.5) is 22.9 Å². The number of methoxy groups -OCH3 is 1. The molecule has 0 unspecified atom stereocenters. The van der Waals surface area contributed by atoms with Gasteiger partial charge in [0.15, 0.2) is 0 Å². The van der Waals surface area contributed by atoms with Crippen molar-refractivity contribution in [1.29, 1.82) is 0 Å². The summed E-state index contributed by atoms with van der Waals surface area (Å²) >= 11 is 0. The number of likely N-dealkylation sites (N-methyl/N-ethyl adjacent to an activating group) is 2. The minimum Gasteiger partial charge on any atom is -0.494 e. The fraction of sp³-hybridized carbons (Fsp3) is 0.250. The maximum absolute atomic E-state index is 12.2. The van der Waals surface area contributed by atoms with Gasteiger partial charge in [-0.1, -0.05) is 24.8 Å². The zero-order chi connectivity index (χ0) is 26.5. The zero-order valence-corrected chi connectivity index (χ0v) is 21.9. The number of fused-ring (bicyclic) bond motifs is 1. The van der Waals surface area contributed by atoms with Gasteiger partial charge < -0.3 is 30.2 Å². The van der Waals surface area contributed by atoms with Gasteiger partial charge in [-0.3, -0.25) is 4.79 Å². The smallest absolute Gasteiger partial charge is 0.247 e. The van der Waals surface area contributed by atoms with Crippen LogP contribution in [0.5, 0.6) is 5.75 Å². The number of nitrogens with zero attached hydrogens (tertiary/aromatic N) is 4. The highest BCUT2D eigenvalue weighted by atomic mass is 16.5. The summed E-state index contributed by atoms with van der Waals surface area (Å²) in [6.45, 7) is 6.97. The summed E-state index contributed by atoms with van der Waals surface area (Å²) in [6.07, 6.45) is 3.33. The molecule has 0 spiro atoms. The molecule has 1 amide bonds. The van der Waals surface area contributed by atoms with E-state index >= 15 is 0 Å². The minimum absolute atomic E-state index is 0.296. The van der Waals surface area contributed by atoms with Crippen LogP contribution >= 0.6 is 0 Å². The number of amides is 1. The van der Waals surface area contributed by atoms with Gasteiger partial charge in [-0.2, -0.15) is 0 Å². The molecule has 0 aliphatic heterocycles. The van der Waals surface area contributed by atoms with Crippen LogP contribution in [0.25, 0.3) is 22.2 Å². The molecule has 2 aromatic carbocycles. The molecule has 0 fully saturated rings. The van der Waals surface area contributed by atoms with Crippen LogP contribution in [-0.2, 0) is 11.8 Å². The van der Waals surface area contributed by atoms with E-state index in [0.29, 0.717) is 28.8 Å². The van der Waals surface area contributed by atoms with Crippen LogP contribution in [-0.4, -0.2) is 54.7 Å². The van der Waals surface area contributed by atoms with Crippen molar-refractivity contribution >= 4 is 39.7 Å². The molecule has 0 saturated heterocycles. The summed E-state index contributed by atoms with van der Waals surface area (Å²) in [5.41, 5.74) is 5.09. The molecular weight excluding hydrogens is 466 g/mol. The first kappa shape index (κ1) is 25.7. The van der Waals surface area contributed by atoms with Crippen LogP contribution in [0, 0.1) is 6.92 Å². The van der Waals surface area contributed by atoms with Crippen molar-refractivity contribution in [2.45, 2.75) is 6.92 Å². The predicted octanol–water partition coefficient (Wildman–Crippen LogP) is 4.48. The van der Waals surface area contributed by atoms with Crippen molar-refractivity contribution in [2.24, 2.45) is 7.05 Å². The normalized spacial score (nSPS) is 10.8. The van der Waals surface area contributed by atoms with E-state index in [9.17, 15) is 4.79 Å². The van der Waals surface area contributed by atoms with Gasteiger partial charge in [-0.15, -0.1) is 0 Å². The topological polar surface area (TPSA) is 96.3 Å². The van der Waals surface area contributed by atoms with Crippen LogP contribution in [0.1, 0.15) is 5.82 Å². The van der Waals surface area contributed by atoms with E-state index in [1.165, 1.54) is 6.08 Å².